The van der Waals surface area contributed by atoms with Crippen molar-refractivity contribution < 1.29 is 13.9 Å². The maximum absolute atomic E-state index is 5.85. The van der Waals surface area contributed by atoms with Crippen LogP contribution in [0.15, 0.2) is 34.7 Å². The van der Waals surface area contributed by atoms with Gasteiger partial charge < -0.3 is 19.2 Å². The van der Waals surface area contributed by atoms with E-state index >= 15 is 0 Å². The van der Waals surface area contributed by atoms with E-state index in [4.69, 9.17) is 13.9 Å². The fraction of sp³-hybridized carbons (Fsp3) is 0.375. The van der Waals surface area contributed by atoms with E-state index in [1.54, 1.807) is 0 Å². The fourth-order valence-corrected chi connectivity index (χ4v) is 2.13. The highest BCUT2D eigenvalue weighted by atomic mass is 16.6. The monoisotopic (exact) mass is 273 g/mol. The molecule has 2 heterocycles. The summed E-state index contributed by atoms with van der Waals surface area (Å²) in [5.74, 6) is 3.37. The van der Waals surface area contributed by atoms with Gasteiger partial charge in [0, 0.05) is 11.6 Å². The van der Waals surface area contributed by atoms with Crippen LogP contribution in [0.2, 0.25) is 0 Å². The number of rotatable bonds is 4. The predicted octanol–water partition coefficient (Wildman–Crippen LogP) is 3.22. The molecule has 0 unspecified atom stereocenters. The Hall–Kier alpha value is -1.94. The molecule has 0 atom stereocenters. The predicted molar refractivity (Wildman–Crippen MR) is 77.1 cm³/mol. The van der Waals surface area contributed by atoms with Gasteiger partial charge in [0.2, 0.25) is 0 Å². The number of ether oxygens (including phenoxy) is 2. The molecular formula is C16H19NO3. The molecule has 0 radical (unpaired) electrons. The van der Waals surface area contributed by atoms with Crippen molar-refractivity contribution in [2.24, 2.45) is 0 Å². The SMILES string of the molecule is CC(C)NCc1ccc(-c2ccc3c(c2)OCCO3)o1. The maximum atomic E-state index is 5.85. The summed E-state index contributed by atoms with van der Waals surface area (Å²) in [7, 11) is 0. The normalized spacial score (nSPS) is 13.8. The third kappa shape index (κ3) is 2.80. The van der Waals surface area contributed by atoms with E-state index in [0.717, 1.165) is 35.1 Å². The van der Waals surface area contributed by atoms with Crippen LogP contribution >= 0.6 is 0 Å². The molecule has 0 amide bonds. The second-order valence-electron chi connectivity index (χ2n) is 5.16. The Morgan fingerprint density at radius 1 is 1.05 bits per heavy atom. The highest BCUT2D eigenvalue weighted by Crippen LogP contribution is 2.34. The maximum Gasteiger partial charge on any atom is 0.162 e. The molecule has 0 bridgehead atoms. The van der Waals surface area contributed by atoms with Crippen LogP contribution in [-0.2, 0) is 6.54 Å². The van der Waals surface area contributed by atoms with Crippen LogP contribution in [0.4, 0.5) is 0 Å². The molecule has 1 N–H and O–H groups in total. The van der Waals surface area contributed by atoms with Crippen LogP contribution < -0.4 is 14.8 Å². The van der Waals surface area contributed by atoms with Gasteiger partial charge in [-0.25, -0.2) is 0 Å². The summed E-state index contributed by atoms with van der Waals surface area (Å²) < 4.78 is 17.0. The Kier molecular flexibility index (Phi) is 3.65. The molecule has 2 aromatic rings. The Labute approximate surface area is 118 Å². The highest BCUT2D eigenvalue weighted by molar-refractivity contribution is 5.63. The number of nitrogens with one attached hydrogen (secondary N) is 1. The topological polar surface area (TPSA) is 43.6 Å². The number of furan rings is 1. The first-order valence-corrected chi connectivity index (χ1v) is 6.94. The van der Waals surface area contributed by atoms with Crippen LogP contribution in [-0.4, -0.2) is 19.3 Å². The zero-order valence-electron chi connectivity index (χ0n) is 11.8. The van der Waals surface area contributed by atoms with Gasteiger partial charge in [0.25, 0.3) is 0 Å². The van der Waals surface area contributed by atoms with Crippen molar-refractivity contribution in [1.29, 1.82) is 0 Å². The lowest BCUT2D eigenvalue weighted by Crippen LogP contribution is -2.21. The van der Waals surface area contributed by atoms with Crippen molar-refractivity contribution in [3.8, 4) is 22.8 Å². The van der Waals surface area contributed by atoms with Crippen molar-refractivity contribution in [2.75, 3.05) is 13.2 Å². The van der Waals surface area contributed by atoms with Crippen molar-refractivity contribution in [1.82, 2.24) is 5.32 Å². The molecule has 0 saturated heterocycles. The van der Waals surface area contributed by atoms with Crippen LogP contribution in [0.5, 0.6) is 11.5 Å². The molecule has 0 aliphatic carbocycles. The van der Waals surface area contributed by atoms with E-state index in [1.165, 1.54) is 0 Å². The van der Waals surface area contributed by atoms with E-state index in [2.05, 4.69) is 19.2 Å². The second kappa shape index (κ2) is 5.59. The van der Waals surface area contributed by atoms with Gasteiger partial charge in [-0.1, -0.05) is 13.8 Å². The molecular weight excluding hydrogens is 254 g/mol. The average molecular weight is 273 g/mol. The van der Waals surface area contributed by atoms with Crippen LogP contribution in [0, 0.1) is 0 Å². The first-order chi connectivity index (χ1) is 9.72. The molecule has 1 aromatic carbocycles. The molecule has 1 aliphatic heterocycles. The molecule has 0 fully saturated rings. The van der Waals surface area contributed by atoms with E-state index in [9.17, 15) is 0 Å². The molecule has 4 heteroatoms. The third-order valence-corrected chi connectivity index (χ3v) is 3.17. The van der Waals surface area contributed by atoms with Gasteiger partial charge >= 0.3 is 0 Å². The lowest BCUT2D eigenvalue weighted by molar-refractivity contribution is 0.171. The summed E-state index contributed by atoms with van der Waals surface area (Å²) in [6.07, 6.45) is 0. The quantitative estimate of drug-likeness (QED) is 0.929. The van der Waals surface area contributed by atoms with Crippen molar-refractivity contribution >= 4 is 0 Å². The molecule has 1 aliphatic rings. The van der Waals surface area contributed by atoms with Crippen LogP contribution in [0.3, 0.4) is 0 Å². The lowest BCUT2D eigenvalue weighted by atomic mass is 10.1. The molecule has 0 saturated carbocycles. The summed E-state index contributed by atoms with van der Waals surface area (Å²) in [5, 5.41) is 3.34. The Balaban J connectivity index is 1.79. The van der Waals surface area contributed by atoms with Crippen LogP contribution in [0.25, 0.3) is 11.3 Å². The van der Waals surface area contributed by atoms with Gasteiger partial charge in [0.05, 0.1) is 6.54 Å². The van der Waals surface area contributed by atoms with Gasteiger partial charge in [-0.2, -0.15) is 0 Å². The standard InChI is InChI=1S/C16H19NO3/c1-11(2)17-10-13-4-6-14(20-13)12-3-5-15-16(9-12)19-8-7-18-15/h3-6,9,11,17H,7-8,10H2,1-2H3. The molecule has 106 valence electrons. The average Bonchev–Trinajstić information content (AvgIpc) is 2.93. The number of benzene rings is 1. The molecule has 0 spiro atoms. The van der Waals surface area contributed by atoms with Crippen molar-refractivity contribution in [3.63, 3.8) is 0 Å². The zero-order valence-corrected chi connectivity index (χ0v) is 11.8. The minimum atomic E-state index is 0.442. The molecule has 4 nitrogen and oxygen atoms in total. The van der Waals surface area contributed by atoms with E-state index in [0.29, 0.717) is 19.3 Å². The first kappa shape index (κ1) is 13.1. The van der Waals surface area contributed by atoms with Crippen LogP contribution in [0.1, 0.15) is 19.6 Å². The highest BCUT2D eigenvalue weighted by Gasteiger charge is 2.14. The van der Waals surface area contributed by atoms with Crippen molar-refractivity contribution in [2.45, 2.75) is 26.4 Å². The van der Waals surface area contributed by atoms with Gasteiger partial charge in [-0.3, -0.25) is 0 Å². The summed E-state index contributed by atoms with van der Waals surface area (Å²) in [6.45, 7) is 6.17. The van der Waals surface area contributed by atoms with E-state index in [1.807, 2.05) is 30.3 Å². The Morgan fingerprint density at radius 3 is 2.65 bits per heavy atom. The van der Waals surface area contributed by atoms with E-state index < -0.39 is 0 Å². The molecule has 20 heavy (non-hydrogen) atoms. The molecule has 3 rings (SSSR count). The Bertz CT molecular complexity index is 589. The van der Waals surface area contributed by atoms with Crippen molar-refractivity contribution in [3.05, 3.63) is 36.1 Å². The number of fused-ring (bicyclic) bond motifs is 1. The third-order valence-electron chi connectivity index (χ3n) is 3.17. The van der Waals surface area contributed by atoms with Gasteiger partial charge in [0.15, 0.2) is 11.5 Å². The van der Waals surface area contributed by atoms with Gasteiger partial charge in [-0.05, 0) is 30.3 Å². The van der Waals surface area contributed by atoms with Gasteiger partial charge in [-0.15, -0.1) is 0 Å². The number of hydrogen-bond acceptors (Lipinski definition) is 4. The second-order valence-corrected chi connectivity index (χ2v) is 5.16. The minimum absolute atomic E-state index is 0.442. The number of hydrogen-bond donors (Lipinski definition) is 1. The summed E-state index contributed by atoms with van der Waals surface area (Å²) >= 11 is 0. The largest absolute Gasteiger partial charge is 0.486 e. The fourth-order valence-electron chi connectivity index (χ4n) is 2.13. The smallest absolute Gasteiger partial charge is 0.162 e. The molecule has 1 aromatic heterocycles. The Morgan fingerprint density at radius 2 is 1.85 bits per heavy atom. The van der Waals surface area contributed by atoms with Gasteiger partial charge in [0.1, 0.15) is 24.7 Å². The zero-order chi connectivity index (χ0) is 13.9. The summed E-state index contributed by atoms with van der Waals surface area (Å²) in [4.78, 5) is 0. The first-order valence-electron chi connectivity index (χ1n) is 6.94. The minimum Gasteiger partial charge on any atom is -0.486 e. The van der Waals surface area contributed by atoms with E-state index in [-0.39, 0.29) is 0 Å². The summed E-state index contributed by atoms with van der Waals surface area (Å²) in [5.41, 5.74) is 1.00. The summed E-state index contributed by atoms with van der Waals surface area (Å²) in [6, 6.07) is 10.3. The lowest BCUT2D eigenvalue weighted by Gasteiger charge is -2.18.